The van der Waals surface area contributed by atoms with Crippen LogP contribution in [0.15, 0.2) is 18.2 Å². The summed E-state index contributed by atoms with van der Waals surface area (Å²) >= 11 is 1.68. The van der Waals surface area contributed by atoms with Gasteiger partial charge in [0.1, 0.15) is 11.6 Å². The molecular weight excluding hydrogens is 278 g/mol. The Hall–Kier alpha value is -1.33. The lowest BCUT2D eigenvalue weighted by Gasteiger charge is -2.15. The number of hydrogen-bond donors (Lipinski definition) is 1. The molecule has 0 fully saturated rings. The van der Waals surface area contributed by atoms with Crippen LogP contribution in [0, 0.1) is 25.5 Å². The molecule has 1 heterocycles. The van der Waals surface area contributed by atoms with Crippen LogP contribution in [-0.4, -0.2) is 18.1 Å². The van der Waals surface area contributed by atoms with Gasteiger partial charge in [0.2, 0.25) is 0 Å². The van der Waals surface area contributed by atoms with E-state index in [1.165, 1.54) is 17.0 Å². The van der Waals surface area contributed by atoms with Gasteiger partial charge >= 0.3 is 0 Å². The van der Waals surface area contributed by atoms with Crippen molar-refractivity contribution in [2.24, 2.45) is 0 Å². The molecule has 5 heteroatoms. The summed E-state index contributed by atoms with van der Waals surface area (Å²) in [5, 5.41) is 4.24. The summed E-state index contributed by atoms with van der Waals surface area (Å²) in [6.07, 6.45) is 1.33. The fourth-order valence-corrected chi connectivity index (χ4v) is 3.14. The molecule has 1 aromatic carbocycles. The number of aromatic nitrogens is 1. The summed E-state index contributed by atoms with van der Waals surface area (Å²) in [6, 6.07) is 3.77. The molecule has 20 heavy (non-hydrogen) atoms. The molecule has 0 spiro atoms. The third-order valence-corrected chi connectivity index (χ3v) is 4.40. The van der Waals surface area contributed by atoms with Gasteiger partial charge in [-0.3, -0.25) is 0 Å². The number of nitrogens with zero attached hydrogens (tertiary/aromatic N) is 1. The van der Waals surface area contributed by atoms with E-state index in [1.807, 2.05) is 20.9 Å². The number of nitrogens with one attached hydrogen (secondary N) is 1. The van der Waals surface area contributed by atoms with Crippen LogP contribution < -0.4 is 5.32 Å². The van der Waals surface area contributed by atoms with Crippen molar-refractivity contribution in [3.8, 4) is 0 Å². The van der Waals surface area contributed by atoms with Crippen LogP contribution in [-0.2, 0) is 12.8 Å². The van der Waals surface area contributed by atoms with Gasteiger partial charge in [0.25, 0.3) is 0 Å². The Balaban J connectivity index is 2.08. The van der Waals surface area contributed by atoms with Gasteiger partial charge in [0, 0.05) is 23.4 Å². The van der Waals surface area contributed by atoms with E-state index >= 15 is 0 Å². The molecule has 1 atom stereocenters. The van der Waals surface area contributed by atoms with Gasteiger partial charge < -0.3 is 5.32 Å². The normalized spacial score (nSPS) is 12.7. The van der Waals surface area contributed by atoms with Crippen molar-refractivity contribution in [3.05, 3.63) is 51.0 Å². The molecule has 1 unspecified atom stereocenters. The highest BCUT2D eigenvalue weighted by atomic mass is 32.1. The van der Waals surface area contributed by atoms with E-state index in [1.54, 1.807) is 11.3 Å². The van der Waals surface area contributed by atoms with Crippen molar-refractivity contribution in [2.75, 3.05) is 7.05 Å². The van der Waals surface area contributed by atoms with E-state index < -0.39 is 11.6 Å². The number of thiazole rings is 1. The Kier molecular flexibility index (Phi) is 4.83. The Morgan fingerprint density at radius 1 is 1.15 bits per heavy atom. The minimum Gasteiger partial charge on any atom is -0.316 e. The van der Waals surface area contributed by atoms with Gasteiger partial charge in [0.15, 0.2) is 0 Å². The standard InChI is InChI=1S/C15H18F2N2S/c1-9-10(2)20-15(19-9)8-14(18-3)6-11-4-12(16)7-13(17)5-11/h4-5,7,14,18H,6,8H2,1-3H3. The van der Waals surface area contributed by atoms with Gasteiger partial charge in [-0.05, 0) is 45.0 Å². The third-order valence-electron chi connectivity index (χ3n) is 3.31. The van der Waals surface area contributed by atoms with Crippen LogP contribution in [0.5, 0.6) is 0 Å². The number of aryl methyl sites for hydroxylation is 2. The second kappa shape index (κ2) is 6.41. The average Bonchev–Trinajstić information content (AvgIpc) is 2.66. The molecule has 0 amide bonds. The topological polar surface area (TPSA) is 24.9 Å². The number of rotatable bonds is 5. The predicted molar refractivity (Wildman–Crippen MR) is 78.2 cm³/mol. The quantitative estimate of drug-likeness (QED) is 0.914. The van der Waals surface area contributed by atoms with Gasteiger partial charge in [-0.2, -0.15) is 0 Å². The lowest BCUT2D eigenvalue weighted by molar-refractivity contribution is 0.542. The molecule has 0 aliphatic carbocycles. The summed E-state index contributed by atoms with van der Waals surface area (Å²) in [4.78, 5) is 5.72. The molecule has 1 aromatic heterocycles. The van der Waals surface area contributed by atoms with Crippen molar-refractivity contribution in [1.82, 2.24) is 10.3 Å². The highest BCUT2D eigenvalue weighted by Gasteiger charge is 2.13. The second-order valence-electron chi connectivity index (χ2n) is 4.92. The minimum atomic E-state index is -0.532. The maximum atomic E-state index is 13.2. The highest BCUT2D eigenvalue weighted by molar-refractivity contribution is 7.11. The molecule has 2 rings (SSSR count). The Bertz CT molecular complexity index is 556. The van der Waals surface area contributed by atoms with E-state index in [0.717, 1.165) is 23.2 Å². The first kappa shape index (κ1) is 15.1. The second-order valence-corrected chi connectivity index (χ2v) is 6.21. The predicted octanol–water partition coefficient (Wildman–Crippen LogP) is 3.41. The summed E-state index contributed by atoms with van der Waals surface area (Å²) in [5.74, 6) is -1.06. The molecule has 0 bridgehead atoms. The zero-order valence-corrected chi connectivity index (χ0v) is 12.7. The first-order chi connectivity index (χ1) is 9.47. The Morgan fingerprint density at radius 2 is 1.80 bits per heavy atom. The fourth-order valence-electron chi connectivity index (χ4n) is 2.13. The smallest absolute Gasteiger partial charge is 0.126 e. The molecule has 0 saturated carbocycles. The summed E-state index contributed by atoms with van der Waals surface area (Å²) in [6.45, 7) is 4.04. The highest BCUT2D eigenvalue weighted by Crippen LogP contribution is 2.19. The number of likely N-dealkylation sites (N-methyl/N-ethyl adjacent to an activating group) is 1. The molecule has 0 aliphatic heterocycles. The number of benzene rings is 1. The lowest BCUT2D eigenvalue weighted by Crippen LogP contribution is -2.30. The van der Waals surface area contributed by atoms with Gasteiger partial charge in [-0.15, -0.1) is 11.3 Å². The molecule has 2 nitrogen and oxygen atoms in total. The van der Waals surface area contributed by atoms with Crippen LogP contribution in [0.2, 0.25) is 0 Å². The summed E-state index contributed by atoms with van der Waals surface area (Å²) < 4.78 is 26.4. The monoisotopic (exact) mass is 296 g/mol. The van der Waals surface area contributed by atoms with Crippen LogP contribution in [0.3, 0.4) is 0 Å². The largest absolute Gasteiger partial charge is 0.316 e. The van der Waals surface area contributed by atoms with Crippen molar-refractivity contribution >= 4 is 11.3 Å². The van der Waals surface area contributed by atoms with Crippen LogP contribution in [0.25, 0.3) is 0 Å². The molecular formula is C15H18F2N2S. The fraction of sp³-hybridized carbons (Fsp3) is 0.400. The minimum absolute atomic E-state index is 0.112. The lowest BCUT2D eigenvalue weighted by atomic mass is 10.0. The SMILES string of the molecule is CNC(Cc1cc(F)cc(F)c1)Cc1nc(C)c(C)s1. The zero-order valence-electron chi connectivity index (χ0n) is 11.8. The van der Waals surface area contributed by atoms with Gasteiger partial charge in [-0.1, -0.05) is 0 Å². The van der Waals surface area contributed by atoms with Crippen molar-refractivity contribution in [2.45, 2.75) is 32.7 Å². The number of halogens is 2. The van der Waals surface area contributed by atoms with E-state index in [0.29, 0.717) is 12.0 Å². The summed E-state index contributed by atoms with van der Waals surface area (Å²) in [5.41, 5.74) is 1.71. The third kappa shape index (κ3) is 3.84. The molecule has 108 valence electrons. The van der Waals surface area contributed by atoms with E-state index in [9.17, 15) is 8.78 Å². The molecule has 2 aromatic rings. The maximum absolute atomic E-state index is 13.2. The number of hydrogen-bond acceptors (Lipinski definition) is 3. The van der Waals surface area contributed by atoms with E-state index in [4.69, 9.17) is 0 Å². The van der Waals surface area contributed by atoms with Gasteiger partial charge in [-0.25, -0.2) is 13.8 Å². The Labute approximate surface area is 121 Å². The Morgan fingerprint density at radius 3 is 2.30 bits per heavy atom. The van der Waals surface area contributed by atoms with Crippen molar-refractivity contribution < 1.29 is 8.78 Å². The molecule has 0 saturated heterocycles. The van der Waals surface area contributed by atoms with Crippen LogP contribution in [0.4, 0.5) is 8.78 Å². The van der Waals surface area contributed by atoms with Gasteiger partial charge in [0.05, 0.1) is 10.7 Å². The average molecular weight is 296 g/mol. The maximum Gasteiger partial charge on any atom is 0.126 e. The van der Waals surface area contributed by atoms with Crippen molar-refractivity contribution in [3.63, 3.8) is 0 Å². The van der Waals surface area contributed by atoms with Crippen LogP contribution >= 0.6 is 11.3 Å². The molecule has 0 aliphatic rings. The van der Waals surface area contributed by atoms with Crippen molar-refractivity contribution in [1.29, 1.82) is 0 Å². The molecule has 0 radical (unpaired) electrons. The molecule has 1 N–H and O–H groups in total. The first-order valence-electron chi connectivity index (χ1n) is 6.53. The first-order valence-corrected chi connectivity index (χ1v) is 7.34. The zero-order chi connectivity index (χ0) is 14.7. The summed E-state index contributed by atoms with van der Waals surface area (Å²) in [7, 11) is 1.85. The van der Waals surface area contributed by atoms with E-state index in [-0.39, 0.29) is 6.04 Å². The van der Waals surface area contributed by atoms with Crippen LogP contribution in [0.1, 0.15) is 21.1 Å². The van der Waals surface area contributed by atoms with E-state index in [2.05, 4.69) is 10.3 Å².